The summed E-state index contributed by atoms with van der Waals surface area (Å²) in [6, 6.07) is 17.1. The van der Waals surface area contributed by atoms with Crippen molar-refractivity contribution in [2.24, 2.45) is 0 Å². The summed E-state index contributed by atoms with van der Waals surface area (Å²) in [6.07, 6.45) is 0.0835. The molecule has 0 amide bonds. The summed E-state index contributed by atoms with van der Waals surface area (Å²) in [5, 5.41) is 6.64. The van der Waals surface area contributed by atoms with Gasteiger partial charge in [-0.3, -0.25) is 4.79 Å². The van der Waals surface area contributed by atoms with Gasteiger partial charge in [-0.25, -0.2) is 4.98 Å². The number of hydrogen-bond acceptors (Lipinski definition) is 8. The zero-order valence-electron chi connectivity index (χ0n) is 15.6. The van der Waals surface area contributed by atoms with E-state index in [1.54, 1.807) is 13.2 Å². The number of carbonyl (C=O) groups excluding carboxylic acids is 1. The maximum Gasteiger partial charge on any atom is 0.312 e. The fourth-order valence-electron chi connectivity index (χ4n) is 2.64. The molecule has 0 aliphatic rings. The Morgan fingerprint density at radius 1 is 1.07 bits per heavy atom. The van der Waals surface area contributed by atoms with E-state index in [2.05, 4.69) is 15.1 Å². The van der Waals surface area contributed by atoms with Gasteiger partial charge in [-0.15, -0.1) is 11.3 Å². The summed E-state index contributed by atoms with van der Waals surface area (Å²) in [4.78, 5) is 20.9. The highest BCUT2D eigenvalue weighted by atomic mass is 32.1. The minimum Gasteiger partial charge on any atom is -0.497 e. The molecule has 0 saturated heterocycles. The van der Waals surface area contributed by atoms with Crippen LogP contribution in [0, 0.1) is 0 Å². The number of benzene rings is 2. The number of hydrogen-bond donors (Lipinski definition) is 0. The first kappa shape index (κ1) is 18.8. The maximum atomic E-state index is 12.1. The highest BCUT2D eigenvalue weighted by Gasteiger charge is 2.14. The van der Waals surface area contributed by atoms with Crippen molar-refractivity contribution < 1.29 is 18.8 Å². The maximum absolute atomic E-state index is 12.1. The number of carbonyl (C=O) groups is 1. The van der Waals surface area contributed by atoms with Crippen LogP contribution in [0.25, 0.3) is 22.0 Å². The van der Waals surface area contributed by atoms with Crippen LogP contribution in [-0.2, 0) is 22.6 Å². The third-order valence-corrected chi connectivity index (χ3v) is 4.99. The van der Waals surface area contributed by atoms with Gasteiger partial charge in [-0.05, 0) is 12.1 Å². The van der Waals surface area contributed by atoms with Gasteiger partial charge in [-0.1, -0.05) is 47.6 Å². The average molecular weight is 407 g/mol. The minimum atomic E-state index is -0.406. The number of rotatable bonds is 7. The number of aromatic nitrogens is 3. The van der Waals surface area contributed by atoms with Gasteiger partial charge in [0.1, 0.15) is 10.8 Å². The van der Waals surface area contributed by atoms with E-state index in [-0.39, 0.29) is 18.9 Å². The van der Waals surface area contributed by atoms with E-state index in [0.717, 1.165) is 16.1 Å². The smallest absolute Gasteiger partial charge is 0.312 e. The van der Waals surface area contributed by atoms with Crippen molar-refractivity contribution in [3.63, 3.8) is 0 Å². The Labute approximate surface area is 170 Å². The van der Waals surface area contributed by atoms with Crippen molar-refractivity contribution in [3.8, 4) is 27.7 Å². The van der Waals surface area contributed by atoms with Crippen molar-refractivity contribution in [2.75, 3.05) is 7.11 Å². The lowest BCUT2D eigenvalue weighted by Gasteiger charge is -2.00. The molecule has 7 nitrogen and oxygen atoms in total. The zero-order valence-corrected chi connectivity index (χ0v) is 16.4. The molecule has 0 spiro atoms. The molecule has 4 aromatic rings. The largest absolute Gasteiger partial charge is 0.497 e. The predicted molar refractivity (Wildman–Crippen MR) is 107 cm³/mol. The number of nitrogens with zero attached hydrogens (tertiary/aromatic N) is 3. The Balaban J connectivity index is 1.33. The Morgan fingerprint density at radius 2 is 1.90 bits per heavy atom. The Kier molecular flexibility index (Phi) is 5.62. The van der Waals surface area contributed by atoms with E-state index in [4.69, 9.17) is 14.0 Å². The summed E-state index contributed by atoms with van der Waals surface area (Å²) in [5.74, 6) is 0.913. The standard InChI is InChI=1S/C21H17N3O4S/c1-26-17-9-5-8-15(10-17)20-23-18(28-24-20)12-27-19(25)11-16-13-29-21(22-16)14-6-3-2-4-7-14/h2-10,13H,11-12H2,1H3. The summed E-state index contributed by atoms with van der Waals surface area (Å²) in [5.41, 5.74) is 2.44. The molecule has 0 unspecified atom stereocenters. The summed E-state index contributed by atoms with van der Waals surface area (Å²) >= 11 is 1.49. The molecule has 0 saturated carbocycles. The molecule has 2 aromatic carbocycles. The first-order valence-electron chi connectivity index (χ1n) is 8.84. The van der Waals surface area contributed by atoms with Crippen LogP contribution >= 0.6 is 11.3 Å². The van der Waals surface area contributed by atoms with Crippen LogP contribution in [0.5, 0.6) is 5.75 Å². The molecule has 8 heteroatoms. The summed E-state index contributed by atoms with van der Waals surface area (Å²) in [6.45, 7) is -0.0918. The highest BCUT2D eigenvalue weighted by Crippen LogP contribution is 2.24. The Hall–Kier alpha value is -3.52. The number of esters is 1. The van der Waals surface area contributed by atoms with Crippen LogP contribution in [-0.4, -0.2) is 28.2 Å². The van der Waals surface area contributed by atoms with E-state index >= 15 is 0 Å². The van der Waals surface area contributed by atoms with Gasteiger partial charge in [0, 0.05) is 16.5 Å². The van der Waals surface area contributed by atoms with Gasteiger partial charge in [-0.2, -0.15) is 4.98 Å². The summed E-state index contributed by atoms with van der Waals surface area (Å²) in [7, 11) is 1.59. The van der Waals surface area contributed by atoms with E-state index in [1.165, 1.54) is 11.3 Å². The van der Waals surface area contributed by atoms with Crippen LogP contribution in [0.1, 0.15) is 11.6 Å². The van der Waals surface area contributed by atoms with Crippen molar-refractivity contribution >= 4 is 17.3 Å². The Morgan fingerprint density at radius 3 is 2.72 bits per heavy atom. The molecule has 2 heterocycles. The SMILES string of the molecule is COc1cccc(-c2noc(COC(=O)Cc3csc(-c4ccccc4)n3)n2)c1. The third-order valence-electron chi connectivity index (χ3n) is 4.05. The molecule has 0 aliphatic heterocycles. The van der Waals surface area contributed by atoms with Gasteiger partial charge in [0.25, 0.3) is 5.89 Å². The van der Waals surface area contributed by atoms with Gasteiger partial charge in [0.2, 0.25) is 5.82 Å². The number of methoxy groups -OCH3 is 1. The van der Waals surface area contributed by atoms with Crippen LogP contribution in [0.15, 0.2) is 64.5 Å². The second-order valence-corrected chi connectivity index (χ2v) is 6.95. The third kappa shape index (κ3) is 4.67. The van der Waals surface area contributed by atoms with E-state index in [0.29, 0.717) is 17.3 Å². The molecule has 0 fully saturated rings. The second kappa shape index (κ2) is 8.66. The monoisotopic (exact) mass is 407 g/mol. The number of thiazole rings is 1. The molecule has 29 heavy (non-hydrogen) atoms. The van der Waals surface area contributed by atoms with Crippen molar-refractivity contribution in [3.05, 3.63) is 71.6 Å². The average Bonchev–Trinajstić information content (AvgIpc) is 3.43. The topological polar surface area (TPSA) is 87.3 Å². The van der Waals surface area contributed by atoms with E-state index in [1.807, 2.05) is 53.9 Å². The first-order chi connectivity index (χ1) is 14.2. The molecule has 146 valence electrons. The quantitative estimate of drug-likeness (QED) is 0.425. The normalized spacial score (nSPS) is 10.7. The second-order valence-electron chi connectivity index (χ2n) is 6.09. The van der Waals surface area contributed by atoms with Crippen LogP contribution in [0.4, 0.5) is 0 Å². The molecule has 0 aliphatic carbocycles. The van der Waals surface area contributed by atoms with Gasteiger partial charge in [0.05, 0.1) is 19.2 Å². The van der Waals surface area contributed by atoms with Gasteiger partial charge < -0.3 is 14.0 Å². The fraction of sp³-hybridized carbons (Fsp3) is 0.143. The molecule has 0 N–H and O–H groups in total. The van der Waals surface area contributed by atoms with Crippen molar-refractivity contribution in [1.29, 1.82) is 0 Å². The van der Waals surface area contributed by atoms with E-state index < -0.39 is 5.97 Å². The summed E-state index contributed by atoms with van der Waals surface area (Å²) < 4.78 is 15.6. The molecule has 2 aromatic heterocycles. The Bertz CT molecular complexity index is 1110. The fourth-order valence-corrected chi connectivity index (χ4v) is 3.46. The molecule has 0 radical (unpaired) electrons. The minimum absolute atomic E-state index is 0.0835. The van der Waals surface area contributed by atoms with E-state index in [9.17, 15) is 4.79 Å². The molecule has 0 atom stereocenters. The highest BCUT2D eigenvalue weighted by molar-refractivity contribution is 7.13. The van der Waals surface area contributed by atoms with Crippen LogP contribution < -0.4 is 4.74 Å². The van der Waals surface area contributed by atoms with Crippen LogP contribution in [0.2, 0.25) is 0 Å². The van der Waals surface area contributed by atoms with Crippen molar-refractivity contribution in [2.45, 2.75) is 13.0 Å². The van der Waals surface area contributed by atoms with Gasteiger partial charge >= 0.3 is 5.97 Å². The van der Waals surface area contributed by atoms with Crippen LogP contribution in [0.3, 0.4) is 0 Å². The number of ether oxygens (including phenoxy) is 2. The van der Waals surface area contributed by atoms with Crippen molar-refractivity contribution in [1.82, 2.24) is 15.1 Å². The lowest BCUT2D eigenvalue weighted by molar-refractivity contribution is -0.144. The molecule has 0 bridgehead atoms. The first-order valence-corrected chi connectivity index (χ1v) is 9.71. The predicted octanol–water partition coefficient (Wildman–Crippen LogP) is 4.15. The lowest BCUT2D eigenvalue weighted by atomic mass is 10.2. The molecular weight excluding hydrogens is 390 g/mol. The zero-order chi connectivity index (χ0) is 20.1. The molecule has 4 rings (SSSR count). The van der Waals surface area contributed by atoms with Gasteiger partial charge in [0.15, 0.2) is 6.61 Å². The molecular formula is C21H17N3O4S. The lowest BCUT2D eigenvalue weighted by Crippen LogP contribution is -2.08.